The molecule has 1 aromatic rings. The lowest BCUT2D eigenvalue weighted by Crippen LogP contribution is -2.32. The highest BCUT2D eigenvalue weighted by Gasteiger charge is 2.21. The highest BCUT2D eigenvalue weighted by molar-refractivity contribution is 7.97. The van der Waals surface area contributed by atoms with E-state index in [1.54, 1.807) is 4.31 Å². The zero-order chi connectivity index (χ0) is 10.1. The summed E-state index contributed by atoms with van der Waals surface area (Å²) in [5.41, 5.74) is 2.12. The molecule has 0 unspecified atom stereocenters. The molecule has 0 fully saturated rings. The molecule has 1 heterocycles. The maximum absolute atomic E-state index is 11.5. The van der Waals surface area contributed by atoms with Gasteiger partial charge in [-0.1, -0.05) is 6.07 Å². The standard InChI is InChI=1S/C10H12N2OS/c1-3-12-10(13)11-8-5-4-7(2)6-9(8)14-12/h4-6H,3H2,1-2H3,(H,11,13). The van der Waals surface area contributed by atoms with Gasteiger partial charge in [-0.2, -0.15) is 0 Å². The summed E-state index contributed by atoms with van der Waals surface area (Å²) in [5.74, 6) is 0. The van der Waals surface area contributed by atoms with E-state index in [1.807, 2.05) is 26.0 Å². The normalized spacial score (nSPS) is 15.0. The molecule has 0 spiro atoms. The molecule has 0 saturated carbocycles. The van der Waals surface area contributed by atoms with Crippen molar-refractivity contribution >= 4 is 23.7 Å². The maximum atomic E-state index is 11.5. The number of benzene rings is 1. The first kappa shape index (κ1) is 9.40. The lowest BCUT2D eigenvalue weighted by molar-refractivity contribution is 0.239. The first-order valence-electron chi connectivity index (χ1n) is 4.58. The third kappa shape index (κ3) is 1.57. The first-order valence-corrected chi connectivity index (χ1v) is 5.35. The van der Waals surface area contributed by atoms with Crippen LogP contribution in [0.15, 0.2) is 23.1 Å². The number of nitrogens with one attached hydrogen (secondary N) is 1. The van der Waals surface area contributed by atoms with Crippen LogP contribution in [0.4, 0.5) is 10.5 Å². The SMILES string of the molecule is CCN1Sc2cc(C)ccc2NC1=O. The number of rotatable bonds is 1. The molecule has 1 aromatic carbocycles. The van der Waals surface area contributed by atoms with Gasteiger partial charge in [-0.05, 0) is 43.5 Å². The van der Waals surface area contributed by atoms with Crippen LogP contribution < -0.4 is 5.32 Å². The fourth-order valence-corrected chi connectivity index (χ4v) is 2.31. The van der Waals surface area contributed by atoms with Gasteiger partial charge in [0.25, 0.3) is 0 Å². The number of carbonyl (C=O) groups is 1. The van der Waals surface area contributed by atoms with E-state index in [4.69, 9.17) is 0 Å². The van der Waals surface area contributed by atoms with E-state index >= 15 is 0 Å². The second-order valence-electron chi connectivity index (χ2n) is 3.22. The summed E-state index contributed by atoms with van der Waals surface area (Å²) in [7, 11) is 0. The summed E-state index contributed by atoms with van der Waals surface area (Å²) in [6.45, 7) is 4.73. The van der Waals surface area contributed by atoms with E-state index in [2.05, 4.69) is 11.4 Å². The number of aryl methyl sites for hydroxylation is 1. The summed E-state index contributed by atoms with van der Waals surface area (Å²) in [4.78, 5) is 12.6. The van der Waals surface area contributed by atoms with Crippen molar-refractivity contribution in [2.75, 3.05) is 11.9 Å². The smallest absolute Gasteiger partial charge is 0.306 e. The van der Waals surface area contributed by atoms with Crippen molar-refractivity contribution in [3.05, 3.63) is 23.8 Å². The molecule has 1 aliphatic rings. The molecule has 0 bridgehead atoms. The van der Waals surface area contributed by atoms with Crippen molar-refractivity contribution in [1.82, 2.24) is 4.31 Å². The molecule has 0 aliphatic carbocycles. The van der Waals surface area contributed by atoms with Crippen LogP contribution >= 0.6 is 11.9 Å². The Bertz CT molecular complexity index is 378. The fourth-order valence-electron chi connectivity index (χ4n) is 1.35. The Morgan fingerprint density at radius 1 is 1.50 bits per heavy atom. The Labute approximate surface area is 87.6 Å². The van der Waals surface area contributed by atoms with Gasteiger partial charge in [-0.15, -0.1) is 0 Å². The van der Waals surface area contributed by atoms with Crippen LogP contribution in [0.5, 0.6) is 0 Å². The predicted molar refractivity (Wildman–Crippen MR) is 58.4 cm³/mol. The van der Waals surface area contributed by atoms with Gasteiger partial charge < -0.3 is 5.32 Å². The first-order chi connectivity index (χ1) is 6.70. The van der Waals surface area contributed by atoms with E-state index in [-0.39, 0.29) is 6.03 Å². The summed E-state index contributed by atoms with van der Waals surface area (Å²) in [6.07, 6.45) is 0. The number of nitrogens with zero attached hydrogens (tertiary/aromatic N) is 1. The van der Waals surface area contributed by atoms with Gasteiger partial charge in [-0.25, -0.2) is 4.79 Å². The van der Waals surface area contributed by atoms with Crippen LogP contribution in [-0.2, 0) is 0 Å². The maximum Gasteiger partial charge on any atom is 0.332 e. The molecule has 0 aromatic heterocycles. The van der Waals surface area contributed by atoms with Gasteiger partial charge in [0.05, 0.1) is 10.6 Å². The van der Waals surface area contributed by atoms with Crippen LogP contribution in [0.1, 0.15) is 12.5 Å². The van der Waals surface area contributed by atoms with Crippen molar-refractivity contribution in [3.63, 3.8) is 0 Å². The van der Waals surface area contributed by atoms with Crippen LogP contribution in [0.2, 0.25) is 0 Å². The lowest BCUT2D eigenvalue weighted by atomic mass is 10.2. The molecule has 2 amide bonds. The van der Waals surface area contributed by atoms with Gasteiger partial charge in [0, 0.05) is 6.54 Å². The molecule has 0 atom stereocenters. The Kier molecular flexibility index (Phi) is 2.37. The van der Waals surface area contributed by atoms with Gasteiger partial charge in [-0.3, -0.25) is 4.31 Å². The third-order valence-corrected chi connectivity index (χ3v) is 3.28. The van der Waals surface area contributed by atoms with Crippen molar-refractivity contribution in [2.24, 2.45) is 0 Å². The predicted octanol–water partition coefficient (Wildman–Crippen LogP) is 2.87. The molecular formula is C10H12N2OS. The molecule has 1 N–H and O–H groups in total. The average molecular weight is 208 g/mol. The average Bonchev–Trinajstić information content (AvgIpc) is 2.17. The van der Waals surface area contributed by atoms with E-state index in [1.165, 1.54) is 17.5 Å². The van der Waals surface area contributed by atoms with Crippen molar-refractivity contribution in [1.29, 1.82) is 0 Å². The van der Waals surface area contributed by atoms with Crippen LogP contribution in [0.25, 0.3) is 0 Å². The van der Waals surface area contributed by atoms with E-state index in [0.717, 1.165) is 10.6 Å². The van der Waals surface area contributed by atoms with Crippen molar-refractivity contribution in [2.45, 2.75) is 18.7 Å². The minimum atomic E-state index is -0.0335. The minimum Gasteiger partial charge on any atom is -0.306 e. The lowest BCUT2D eigenvalue weighted by Gasteiger charge is -2.26. The van der Waals surface area contributed by atoms with Gasteiger partial charge in [0.15, 0.2) is 0 Å². The Hall–Kier alpha value is -1.16. The molecule has 3 nitrogen and oxygen atoms in total. The highest BCUT2D eigenvalue weighted by Crippen LogP contribution is 2.35. The van der Waals surface area contributed by atoms with Gasteiger partial charge in [0.2, 0.25) is 0 Å². The second-order valence-corrected chi connectivity index (χ2v) is 4.28. The molecule has 1 aliphatic heterocycles. The minimum absolute atomic E-state index is 0.0335. The largest absolute Gasteiger partial charge is 0.332 e. The molecule has 14 heavy (non-hydrogen) atoms. The van der Waals surface area contributed by atoms with Crippen LogP contribution in [0.3, 0.4) is 0 Å². The number of anilines is 1. The number of amides is 2. The molecule has 0 radical (unpaired) electrons. The van der Waals surface area contributed by atoms with Crippen molar-refractivity contribution in [3.8, 4) is 0 Å². The van der Waals surface area contributed by atoms with Crippen molar-refractivity contribution < 1.29 is 4.79 Å². The summed E-state index contributed by atoms with van der Waals surface area (Å²) in [5, 5.41) is 2.85. The molecule has 4 heteroatoms. The van der Waals surface area contributed by atoms with E-state index < -0.39 is 0 Å². The topological polar surface area (TPSA) is 32.3 Å². The number of urea groups is 1. The number of carbonyl (C=O) groups excluding carboxylic acids is 1. The number of hydrogen-bond acceptors (Lipinski definition) is 2. The van der Waals surface area contributed by atoms with Gasteiger partial charge >= 0.3 is 6.03 Å². The Balaban J connectivity index is 2.36. The molecular weight excluding hydrogens is 196 g/mol. The zero-order valence-electron chi connectivity index (χ0n) is 8.20. The molecule has 2 rings (SSSR count). The highest BCUT2D eigenvalue weighted by atomic mass is 32.2. The van der Waals surface area contributed by atoms with Crippen LogP contribution in [-0.4, -0.2) is 16.9 Å². The summed E-state index contributed by atoms with van der Waals surface area (Å²) >= 11 is 1.50. The summed E-state index contributed by atoms with van der Waals surface area (Å²) < 4.78 is 1.71. The summed E-state index contributed by atoms with van der Waals surface area (Å²) in [6, 6.07) is 6.00. The van der Waals surface area contributed by atoms with E-state index in [0.29, 0.717) is 6.54 Å². The number of fused-ring (bicyclic) bond motifs is 1. The molecule has 74 valence electrons. The monoisotopic (exact) mass is 208 g/mol. The quantitative estimate of drug-likeness (QED) is 0.720. The molecule has 0 saturated heterocycles. The second kappa shape index (κ2) is 3.53. The number of hydrogen-bond donors (Lipinski definition) is 1. The zero-order valence-corrected chi connectivity index (χ0v) is 9.02. The Morgan fingerprint density at radius 3 is 3.00 bits per heavy atom. The van der Waals surface area contributed by atoms with Crippen LogP contribution in [0, 0.1) is 6.92 Å². The third-order valence-electron chi connectivity index (χ3n) is 2.10. The van der Waals surface area contributed by atoms with E-state index in [9.17, 15) is 4.79 Å². The Morgan fingerprint density at radius 2 is 2.29 bits per heavy atom. The fraction of sp³-hybridized carbons (Fsp3) is 0.300. The van der Waals surface area contributed by atoms with Gasteiger partial charge in [0.1, 0.15) is 0 Å².